The summed E-state index contributed by atoms with van der Waals surface area (Å²) >= 11 is 0. The highest BCUT2D eigenvalue weighted by atomic mass is 16.2. The molecule has 0 bridgehead atoms. The Labute approximate surface area is 126 Å². The number of para-hydroxylation sites is 1. The van der Waals surface area contributed by atoms with Crippen molar-refractivity contribution in [1.82, 2.24) is 15.2 Å². The zero-order valence-corrected chi connectivity index (χ0v) is 11.7. The van der Waals surface area contributed by atoms with Crippen LogP contribution in [0.3, 0.4) is 0 Å². The van der Waals surface area contributed by atoms with E-state index in [1.165, 1.54) is 0 Å². The second kappa shape index (κ2) is 5.79. The van der Waals surface area contributed by atoms with Gasteiger partial charge in [0.2, 0.25) is 5.43 Å². The maximum Gasteiger partial charge on any atom is 0.289 e. The van der Waals surface area contributed by atoms with E-state index in [-0.39, 0.29) is 5.69 Å². The van der Waals surface area contributed by atoms with Crippen molar-refractivity contribution in [3.8, 4) is 0 Å². The van der Waals surface area contributed by atoms with Crippen LogP contribution in [0.25, 0.3) is 10.9 Å². The Morgan fingerprint density at radius 1 is 1.09 bits per heavy atom. The number of nitrogens with one attached hydrogen (secondary N) is 1. The quantitative estimate of drug-likeness (QED) is 0.429. The molecule has 1 amide bonds. The van der Waals surface area contributed by atoms with Crippen molar-refractivity contribution in [3.63, 3.8) is 0 Å². The van der Waals surface area contributed by atoms with Crippen molar-refractivity contribution in [2.24, 2.45) is 5.84 Å². The topological polar surface area (TPSA) is 90.0 Å². The predicted molar refractivity (Wildman–Crippen MR) is 83.2 cm³/mol. The smallest absolute Gasteiger partial charge is 0.289 e. The number of aromatic nitrogens is 2. The minimum Gasteiger partial charge on any atom is -0.289 e. The van der Waals surface area contributed by atoms with Gasteiger partial charge < -0.3 is 0 Å². The van der Waals surface area contributed by atoms with E-state index in [4.69, 9.17) is 5.84 Å². The normalized spacial score (nSPS) is 10.6. The van der Waals surface area contributed by atoms with Gasteiger partial charge in [-0.25, -0.2) is 5.84 Å². The summed E-state index contributed by atoms with van der Waals surface area (Å²) < 4.78 is 1.64. The van der Waals surface area contributed by atoms with Crippen LogP contribution in [0.15, 0.2) is 59.4 Å². The van der Waals surface area contributed by atoms with Gasteiger partial charge in [0, 0.05) is 5.39 Å². The lowest BCUT2D eigenvalue weighted by Gasteiger charge is -2.11. The van der Waals surface area contributed by atoms with Gasteiger partial charge in [-0.15, -0.1) is 0 Å². The standard InChI is InChI=1S/C16H14N4O2/c17-18-16(22)14-15(21)12-8-4-5-9-13(12)20(19-14)10-11-6-2-1-3-7-11/h1-9H,10,17H2,(H,18,22). The van der Waals surface area contributed by atoms with Crippen LogP contribution in [0, 0.1) is 0 Å². The third kappa shape index (κ3) is 2.47. The first-order chi connectivity index (χ1) is 10.7. The van der Waals surface area contributed by atoms with Crippen molar-refractivity contribution in [2.75, 3.05) is 0 Å². The number of benzene rings is 2. The maximum absolute atomic E-state index is 12.3. The molecule has 6 heteroatoms. The number of carbonyl (C=O) groups is 1. The van der Waals surface area contributed by atoms with Gasteiger partial charge in [-0.05, 0) is 17.7 Å². The SMILES string of the molecule is NNC(=O)c1nn(Cc2ccccc2)c2ccccc2c1=O. The molecule has 0 aliphatic rings. The van der Waals surface area contributed by atoms with Gasteiger partial charge >= 0.3 is 0 Å². The highest BCUT2D eigenvalue weighted by molar-refractivity contribution is 5.94. The summed E-state index contributed by atoms with van der Waals surface area (Å²) in [5.74, 6) is 4.44. The zero-order chi connectivity index (χ0) is 15.5. The van der Waals surface area contributed by atoms with Gasteiger partial charge in [0.05, 0.1) is 12.1 Å². The number of nitrogen functional groups attached to an aromatic ring is 1. The number of hydrazine groups is 1. The van der Waals surface area contributed by atoms with E-state index in [1.807, 2.05) is 41.8 Å². The van der Waals surface area contributed by atoms with Gasteiger partial charge in [-0.1, -0.05) is 42.5 Å². The van der Waals surface area contributed by atoms with Crippen molar-refractivity contribution in [2.45, 2.75) is 6.54 Å². The molecule has 3 rings (SSSR count). The first kappa shape index (κ1) is 14.0. The molecule has 0 unspecified atom stereocenters. The van der Waals surface area contributed by atoms with Crippen LogP contribution in [0.1, 0.15) is 16.1 Å². The lowest BCUT2D eigenvalue weighted by molar-refractivity contribution is 0.0945. The molecule has 3 aromatic rings. The Balaban J connectivity index is 2.22. The molecule has 2 aromatic carbocycles. The number of amides is 1. The summed E-state index contributed by atoms with van der Waals surface area (Å²) in [6.07, 6.45) is 0. The molecule has 0 aliphatic carbocycles. The molecule has 0 saturated carbocycles. The highest BCUT2D eigenvalue weighted by Gasteiger charge is 2.16. The number of nitrogens with zero attached hydrogens (tertiary/aromatic N) is 2. The molecule has 3 N–H and O–H groups in total. The van der Waals surface area contributed by atoms with Crippen LogP contribution in [-0.2, 0) is 6.54 Å². The van der Waals surface area contributed by atoms with E-state index in [0.29, 0.717) is 17.4 Å². The van der Waals surface area contributed by atoms with Crippen LogP contribution in [0.4, 0.5) is 0 Å². The Kier molecular flexibility index (Phi) is 3.67. The van der Waals surface area contributed by atoms with Crippen LogP contribution in [0.5, 0.6) is 0 Å². The molecule has 0 atom stereocenters. The number of rotatable bonds is 3. The van der Waals surface area contributed by atoms with E-state index >= 15 is 0 Å². The Morgan fingerprint density at radius 3 is 2.50 bits per heavy atom. The van der Waals surface area contributed by atoms with Gasteiger partial charge in [0.25, 0.3) is 5.91 Å². The predicted octanol–water partition coefficient (Wildman–Crippen LogP) is 1.05. The van der Waals surface area contributed by atoms with Crippen molar-refractivity contribution < 1.29 is 4.79 Å². The molecule has 0 fully saturated rings. The van der Waals surface area contributed by atoms with Gasteiger partial charge in [0.15, 0.2) is 5.69 Å². The fourth-order valence-corrected chi connectivity index (χ4v) is 2.33. The lowest BCUT2D eigenvalue weighted by atomic mass is 10.1. The summed E-state index contributed by atoms with van der Waals surface area (Å²) in [6.45, 7) is 0.451. The fourth-order valence-electron chi connectivity index (χ4n) is 2.33. The molecule has 1 heterocycles. The molecule has 0 aliphatic heterocycles. The summed E-state index contributed by atoms with van der Waals surface area (Å²) in [5.41, 5.74) is 3.01. The second-order valence-corrected chi connectivity index (χ2v) is 4.81. The Morgan fingerprint density at radius 2 is 1.77 bits per heavy atom. The monoisotopic (exact) mass is 294 g/mol. The molecule has 110 valence electrons. The molecule has 1 aromatic heterocycles. The van der Waals surface area contributed by atoms with Gasteiger partial charge in [0.1, 0.15) is 0 Å². The molecule has 0 saturated heterocycles. The molecular formula is C16H14N4O2. The average molecular weight is 294 g/mol. The number of hydrogen-bond acceptors (Lipinski definition) is 4. The van der Waals surface area contributed by atoms with Crippen LogP contribution < -0.4 is 16.7 Å². The molecule has 0 radical (unpaired) electrons. The molecule has 22 heavy (non-hydrogen) atoms. The molecular weight excluding hydrogens is 280 g/mol. The minimum absolute atomic E-state index is 0.211. The maximum atomic E-state index is 12.3. The first-order valence-corrected chi connectivity index (χ1v) is 6.75. The third-order valence-electron chi connectivity index (χ3n) is 3.38. The van der Waals surface area contributed by atoms with E-state index in [1.54, 1.807) is 22.9 Å². The number of nitrogens with two attached hydrogens (primary N) is 1. The largest absolute Gasteiger partial charge is 0.289 e. The minimum atomic E-state index is -0.697. The zero-order valence-electron chi connectivity index (χ0n) is 11.7. The summed E-state index contributed by atoms with van der Waals surface area (Å²) in [4.78, 5) is 24.1. The first-order valence-electron chi connectivity index (χ1n) is 6.75. The molecule has 6 nitrogen and oxygen atoms in total. The summed E-state index contributed by atoms with van der Waals surface area (Å²) in [6, 6.07) is 16.7. The van der Waals surface area contributed by atoms with E-state index in [2.05, 4.69) is 5.10 Å². The highest BCUT2D eigenvalue weighted by Crippen LogP contribution is 2.12. The van der Waals surface area contributed by atoms with Crippen molar-refractivity contribution >= 4 is 16.8 Å². The van der Waals surface area contributed by atoms with Gasteiger partial charge in [-0.3, -0.25) is 19.7 Å². The van der Waals surface area contributed by atoms with Crippen LogP contribution in [0.2, 0.25) is 0 Å². The average Bonchev–Trinajstić information content (AvgIpc) is 2.58. The summed E-state index contributed by atoms with van der Waals surface area (Å²) in [7, 11) is 0. The van der Waals surface area contributed by atoms with Crippen LogP contribution in [-0.4, -0.2) is 15.7 Å². The lowest BCUT2D eigenvalue weighted by Crippen LogP contribution is -2.36. The van der Waals surface area contributed by atoms with Crippen molar-refractivity contribution in [1.29, 1.82) is 0 Å². The number of carbonyl (C=O) groups excluding carboxylic acids is 1. The molecule has 0 spiro atoms. The van der Waals surface area contributed by atoms with E-state index in [9.17, 15) is 9.59 Å². The third-order valence-corrected chi connectivity index (χ3v) is 3.38. The Hall–Kier alpha value is -2.99. The Bertz CT molecular complexity index is 888. The van der Waals surface area contributed by atoms with Crippen molar-refractivity contribution in [3.05, 3.63) is 76.1 Å². The van der Waals surface area contributed by atoms with E-state index in [0.717, 1.165) is 5.56 Å². The fraction of sp³-hybridized carbons (Fsp3) is 0.0625. The number of fused-ring (bicyclic) bond motifs is 1. The number of hydrogen-bond donors (Lipinski definition) is 2. The van der Waals surface area contributed by atoms with Gasteiger partial charge in [-0.2, -0.15) is 5.10 Å². The van der Waals surface area contributed by atoms with E-state index < -0.39 is 11.3 Å². The second-order valence-electron chi connectivity index (χ2n) is 4.81. The van der Waals surface area contributed by atoms with Crippen LogP contribution >= 0.6 is 0 Å². The summed E-state index contributed by atoms with van der Waals surface area (Å²) in [5, 5.41) is 4.62.